The minimum Gasteiger partial charge on any atom is -0.276 e. The molecule has 0 spiro atoms. The van der Waals surface area contributed by atoms with Gasteiger partial charge in [0.2, 0.25) is 10.5 Å². The van der Waals surface area contributed by atoms with Crippen molar-refractivity contribution in [1.29, 1.82) is 0 Å². The normalized spacial score (nSPS) is 9.35. The van der Waals surface area contributed by atoms with Crippen LogP contribution in [0.15, 0.2) is 42.5 Å². The van der Waals surface area contributed by atoms with Crippen molar-refractivity contribution in [3.05, 3.63) is 48.0 Å². The highest BCUT2D eigenvalue weighted by atomic mass is 35.5. The standard InChI is InChI=1S/C7H5ClO.C4H2Cl2O2/c8-7(9)6-4-2-1-3-5-6;5-3(7)1-2-4(6)8/h1-5H;1-2H/b;2-1+. The molecular weight excluding hydrogens is 286 g/mol. The Balaban J connectivity index is 0.000000304. The molecular formula is C11H7Cl3O3. The Kier molecular flexibility index (Phi) is 8.32. The van der Waals surface area contributed by atoms with Crippen LogP contribution in [0.25, 0.3) is 0 Å². The zero-order chi connectivity index (χ0) is 13.3. The van der Waals surface area contributed by atoms with E-state index in [1.807, 2.05) is 6.07 Å². The van der Waals surface area contributed by atoms with Crippen molar-refractivity contribution in [2.24, 2.45) is 0 Å². The molecule has 6 heteroatoms. The zero-order valence-corrected chi connectivity index (χ0v) is 10.7. The molecule has 3 nitrogen and oxygen atoms in total. The van der Waals surface area contributed by atoms with Crippen molar-refractivity contribution in [3.8, 4) is 0 Å². The number of allylic oxidation sites excluding steroid dienone is 2. The quantitative estimate of drug-likeness (QED) is 0.635. The molecule has 0 fully saturated rings. The molecule has 90 valence electrons. The second kappa shape index (κ2) is 8.93. The monoisotopic (exact) mass is 292 g/mol. The van der Waals surface area contributed by atoms with E-state index in [4.69, 9.17) is 34.8 Å². The van der Waals surface area contributed by atoms with Crippen LogP contribution in [0.4, 0.5) is 0 Å². The highest BCUT2D eigenvalue weighted by Crippen LogP contribution is 2.01. The molecule has 0 saturated carbocycles. The smallest absolute Gasteiger partial charge is 0.252 e. The van der Waals surface area contributed by atoms with E-state index < -0.39 is 15.7 Å². The molecule has 1 aromatic rings. The molecule has 1 rings (SSSR count). The fourth-order valence-corrected chi connectivity index (χ4v) is 0.952. The van der Waals surface area contributed by atoms with Crippen LogP contribution >= 0.6 is 34.8 Å². The van der Waals surface area contributed by atoms with Crippen LogP contribution in [-0.4, -0.2) is 15.7 Å². The molecule has 0 aliphatic heterocycles. The van der Waals surface area contributed by atoms with Gasteiger partial charge in [0.15, 0.2) is 0 Å². The Morgan fingerprint density at radius 1 is 0.824 bits per heavy atom. The SMILES string of the molecule is O=C(Cl)/C=C/C(=O)Cl.O=C(Cl)c1ccccc1. The largest absolute Gasteiger partial charge is 0.276 e. The Morgan fingerprint density at radius 2 is 1.24 bits per heavy atom. The Morgan fingerprint density at radius 3 is 1.47 bits per heavy atom. The molecule has 0 aliphatic carbocycles. The van der Waals surface area contributed by atoms with Crippen molar-refractivity contribution in [2.45, 2.75) is 0 Å². The lowest BCUT2D eigenvalue weighted by atomic mass is 10.2. The molecule has 0 aromatic heterocycles. The van der Waals surface area contributed by atoms with Crippen molar-refractivity contribution in [2.75, 3.05) is 0 Å². The van der Waals surface area contributed by atoms with Crippen LogP contribution in [-0.2, 0) is 9.59 Å². The average molecular weight is 294 g/mol. The fourth-order valence-electron chi connectivity index (χ4n) is 0.700. The third kappa shape index (κ3) is 9.75. The predicted octanol–water partition coefficient (Wildman–Crippen LogP) is 3.14. The Hall–Kier alpha value is -1.16. The average Bonchev–Trinajstić information content (AvgIpc) is 2.28. The predicted molar refractivity (Wildman–Crippen MR) is 67.5 cm³/mol. The van der Waals surface area contributed by atoms with Crippen LogP contribution in [0.5, 0.6) is 0 Å². The lowest BCUT2D eigenvalue weighted by molar-refractivity contribution is -0.109. The zero-order valence-electron chi connectivity index (χ0n) is 8.40. The van der Waals surface area contributed by atoms with E-state index in [1.165, 1.54) is 0 Å². The van der Waals surface area contributed by atoms with E-state index in [0.29, 0.717) is 5.56 Å². The molecule has 0 atom stereocenters. The van der Waals surface area contributed by atoms with Gasteiger partial charge in [-0.15, -0.1) is 0 Å². The molecule has 0 aliphatic rings. The highest BCUT2D eigenvalue weighted by molar-refractivity contribution is 6.69. The van der Waals surface area contributed by atoms with Crippen molar-refractivity contribution < 1.29 is 14.4 Å². The van der Waals surface area contributed by atoms with Gasteiger partial charge in [-0.25, -0.2) is 0 Å². The van der Waals surface area contributed by atoms with Gasteiger partial charge in [0, 0.05) is 17.7 Å². The summed E-state index contributed by atoms with van der Waals surface area (Å²) in [6, 6.07) is 8.74. The lowest BCUT2D eigenvalue weighted by Crippen LogP contribution is -1.84. The second-order valence-electron chi connectivity index (χ2n) is 2.58. The summed E-state index contributed by atoms with van der Waals surface area (Å²) in [5.41, 5.74) is 0.541. The number of carbonyl (C=O) groups is 3. The first-order chi connectivity index (χ1) is 7.93. The summed E-state index contributed by atoms with van der Waals surface area (Å²) in [5.74, 6) is 0. The molecule has 1 aromatic carbocycles. The van der Waals surface area contributed by atoms with Gasteiger partial charge in [-0.3, -0.25) is 14.4 Å². The molecule has 0 N–H and O–H groups in total. The summed E-state index contributed by atoms with van der Waals surface area (Å²) in [5, 5.41) is -1.83. The number of halogens is 3. The Bertz CT molecular complexity index is 411. The van der Waals surface area contributed by atoms with Crippen molar-refractivity contribution in [1.82, 2.24) is 0 Å². The summed E-state index contributed by atoms with van der Waals surface area (Å²) in [4.78, 5) is 30.0. The van der Waals surface area contributed by atoms with Gasteiger partial charge in [0.25, 0.3) is 5.24 Å². The van der Waals surface area contributed by atoms with E-state index >= 15 is 0 Å². The lowest BCUT2D eigenvalue weighted by Gasteiger charge is -1.87. The fraction of sp³-hybridized carbons (Fsp3) is 0. The number of hydrogen-bond acceptors (Lipinski definition) is 3. The van der Waals surface area contributed by atoms with Gasteiger partial charge in [0.05, 0.1) is 0 Å². The second-order valence-corrected chi connectivity index (χ2v) is 3.67. The maximum absolute atomic E-state index is 10.4. The molecule has 0 amide bonds. The van der Waals surface area contributed by atoms with Crippen LogP contribution in [0.3, 0.4) is 0 Å². The first kappa shape index (κ1) is 15.8. The van der Waals surface area contributed by atoms with Gasteiger partial charge >= 0.3 is 0 Å². The third-order valence-electron chi connectivity index (χ3n) is 1.35. The number of hydrogen-bond donors (Lipinski definition) is 0. The van der Waals surface area contributed by atoms with Gasteiger partial charge in [0.1, 0.15) is 0 Å². The van der Waals surface area contributed by atoms with Gasteiger partial charge < -0.3 is 0 Å². The molecule has 0 saturated heterocycles. The first-order valence-electron chi connectivity index (χ1n) is 4.25. The molecule has 0 bridgehead atoms. The first-order valence-corrected chi connectivity index (χ1v) is 5.38. The number of rotatable bonds is 3. The molecule has 17 heavy (non-hydrogen) atoms. The van der Waals surface area contributed by atoms with Crippen molar-refractivity contribution >= 4 is 50.5 Å². The molecule has 0 heterocycles. The van der Waals surface area contributed by atoms with E-state index in [0.717, 1.165) is 12.2 Å². The van der Waals surface area contributed by atoms with Gasteiger partial charge in [-0.2, -0.15) is 0 Å². The van der Waals surface area contributed by atoms with E-state index in [9.17, 15) is 14.4 Å². The topological polar surface area (TPSA) is 51.2 Å². The van der Waals surface area contributed by atoms with Crippen LogP contribution < -0.4 is 0 Å². The Labute approximate surface area is 113 Å². The number of benzene rings is 1. The van der Waals surface area contributed by atoms with Crippen LogP contribution in [0.2, 0.25) is 0 Å². The van der Waals surface area contributed by atoms with E-state index in [-0.39, 0.29) is 0 Å². The molecule has 0 unspecified atom stereocenters. The van der Waals surface area contributed by atoms with Gasteiger partial charge in [-0.1, -0.05) is 30.3 Å². The van der Waals surface area contributed by atoms with E-state index in [2.05, 4.69) is 0 Å². The third-order valence-corrected chi connectivity index (χ3v) is 1.82. The summed E-state index contributed by atoms with van der Waals surface area (Å²) in [7, 11) is 0. The van der Waals surface area contributed by atoms with Gasteiger partial charge in [-0.05, 0) is 34.8 Å². The van der Waals surface area contributed by atoms with Crippen molar-refractivity contribution in [3.63, 3.8) is 0 Å². The van der Waals surface area contributed by atoms with Crippen LogP contribution in [0, 0.1) is 0 Å². The molecule has 0 radical (unpaired) electrons. The maximum atomic E-state index is 10.4. The summed E-state index contributed by atoms with van der Waals surface area (Å²) in [6.45, 7) is 0. The van der Waals surface area contributed by atoms with E-state index in [1.54, 1.807) is 24.3 Å². The highest BCUT2D eigenvalue weighted by Gasteiger charge is 1.95. The van der Waals surface area contributed by atoms with Crippen LogP contribution in [0.1, 0.15) is 10.4 Å². The summed E-state index contributed by atoms with van der Waals surface area (Å²) >= 11 is 14.7. The number of carbonyl (C=O) groups excluding carboxylic acids is 3. The summed E-state index contributed by atoms with van der Waals surface area (Å²) < 4.78 is 0. The minimum atomic E-state index is -0.709. The minimum absolute atomic E-state index is 0.407. The summed E-state index contributed by atoms with van der Waals surface area (Å²) in [6.07, 6.45) is 1.77. The maximum Gasteiger partial charge on any atom is 0.252 e.